The standard InChI is InChI=1S/C8H15NO4S/c1-4-7-14(11,12)9(5-2)8(10)13-6-3/h4,7H,5-6H2,1-3H3. The lowest BCUT2D eigenvalue weighted by Crippen LogP contribution is -2.35. The fraction of sp³-hybridized carbons (Fsp3) is 0.625. The van der Waals surface area contributed by atoms with Gasteiger partial charge >= 0.3 is 6.09 Å². The van der Waals surface area contributed by atoms with E-state index in [1.165, 1.54) is 6.08 Å². The van der Waals surface area contributed by atoms with Crippen LogP contribution in [0.4, 0.5) is 4.79 Å². The van der Waals surface area contributed by atoms with Crippen molar-refractivity contribution in [2.45, 2.75) is 20.8 Å². The van der Waals surface area contributed by atoms with E-state index < -0.39 is 16.1 Å². The number of hydrogen-bond donors (Lipinski definition) is 0. The molecule has 0 bridgehead atoms. The molecule has 0 unspecified atom stereocenters. The van der Waals surface area contributed by atoms with Gasteiger partial charge in [-0.3, -0.25) is 0 Å². The van der Waals surface area contributed by atoms with Crippen LogP contribution in [0, 0.1) is 0 Å². The second kappa shape index (κ2) is 5.64. The molecule has 0 saturated carbocycles. The molecule has 0 aliphatic heterocycles. The van der Waals surface area contributed by atoms with Crippen LogP contribution in [0.5, 0.6) is 0 Å². The molecule has 0 fully saturated rings. The smallest absolute Gasteiger partial charge is 0.423 e. The lowest BCUT2D eigenvalue weighted by Gasteiger charge is -2.17. The van der Waals surface area contributed by atoms with Crippen molar-refractivity contribution < 1.29 is 17.9 Å². The van der Waals surface area contributed by atoms with E-state index >= 15 is 0 Å². The van der Waals surface area contributed by atoms with Gasteiger partial charge in [0.05, 0.1) is 6.61 Å². The Kier molecular flexibility index (Phi) is 5.22. The maximum atomic E-state index is 11.4. The number of carbonyl (C=O) groups excluding carboxylic acids is 1. The highest BCUT2D eigenvalue weighted by molar-refractivity contribution is 7.92. The topological polar surface area (TPSA) is 63.7 Å². The molecule has 0 aromatic heterocycles. The largest absolute Gasteiger partial charge is 0.449 e. The Labute approximate surface area is 84.4 Å². The summed E-state index contributed by atoms with van der Waals surface area (Å²) in [7, 11) is -3.67. The van der Waals surface area contributed by atoms with E-state index in [0.29, 0.717) is 4.31 Å². The fourth-order valence-corrected chi connectivity index (χ4v) is 1.97. The third-order valence-electron chi connectivity index (χ3n) is 1.37. The van der Waals surface area contributed by atoms with Crippen LogP contribution in [0.25, 0.3) is 0 Å². The molecule has 0 aromatic rings. The zero-order valence-electron chi connectivity index (χ0n) is 8.56. The molecule has 6 heteroatoms. The third-order valence-corrected chi connectivity index (χ3v) is 3.01. The number of rotatable bonds is 4. The lowest BCUT2D eigenvalue weighted by atomic mass is 10.7. The zero-order valence-corrected chi connectivity index (χ0v) is 9.37. The summed E-state index contributed by atoms with van der Waals surface area (Å²) in [6, 6.07) is 0. The molecule has 0 N–H and O–H groups in total. The lowest BCUT2D eigenvalue weighted by molar-refractivity contribution is 0.132. The molecule has 0 heterocycles. The number of nitrogens with zero attached hydrogens (tertiary/aromatic N) is 1. The first-order valence-electron chi connectivity index (χ1n) is 4.31. The first-order chi connectivity index (χ1) is 6.49. The molecule has 0 saturated heterocycles. The summed E-state index contributed by atoms with van der Waals surface area (Å²) in [6.07, 6.45) is 0.519. The van der Waals surface area contributed by atoms with Crippen LogP contribution in [0.15, 0.2) is 11.5 Å². The summed E-state index contributed by atoms with van der Waals surface area (Å²) in [5, 5.41) is 0.966. The number of amides is 1. The van der Waals surface area contributed by atoms with E-state index in [9.17, 15) is 13.2 Å². The average Bonchev–Trinajstić information content (AvgIpc) is 2.04. The summed E-state index contributed by atoms with van der Waals surface area (Å²) in [5.41, 5.74) is 0. The molecule has 5 nitrogen and oxygen atoms in total. The minimum absolute atomic E-state index is 0.0610. The molecule has 14 heavy (non-hydrogen) atoms. The van der Waals surface area contributed by atoms with Gasteiger partial charge in [0.2, 0.25) is 0 Å². The van der Waals surface area contributed by atoms with E-state index in [-0.39, 0.29) is 13.2 Å². The van der Waals surface area contributed by atoms with Crippen molar-refractivity contribution in [1.82, 2.24) is 4.31 Å². The van der Waals surface area contributed by atoms with Gasteiger partial charge in [0.1, 0.15) is 0 Å². The minimum atomic E-state index is -3.67. The maximum absolute atomic E-state index is 11.4. The van der Waals surface area contributed by atoms with Crippen LogP contribution < -0.4 is 0 Å². The predicted octanol–water partition coefficient (Wildman–Crippen LogP) is 1.33. The zero-order chi connectivity index (χ0) is 11.2. The van der Waals surface area contributed by atoms with E-state index in [2.05, 4.69) is 4.74 Å². The number of hydrogen-bond acceptors (Lipinski definition) is 4. The molecule has 0 aliphatic carbocycles. The SMILES string of the molecule is CC=CS(=O)(=O)N(CC)C(=O)OCC. The molecule has 0 radical (unpaired) electrons. The van der Waals surface area contributed by atoms with Gasteiger partial charge in [-0.25, -0.2) is 17.5 Å². The van der Waals surface area contributed by atoms with Crippen LogP contribution >= 0.6 is 0 Å². The summed E-state index contributed by atoms with van der Waals surface area (Å²) in [4.78, 5) is 11.2. The maximum Gasteiger partial charge on any atom is 0.423 e. The summed E-state index contributed by atoms with van der Waals surface area (Å²) in [5.74, 6) is 0. The Morgan fingerprint density at radius 3 is 2.36 bits per heavy atom. The van der Waals surface area contributed by atoms with Crippen molar-refractivity contribution in [2.24, 2.45) is 0 Å². The Morgan fingerprint density at radius 1 is 1.43 bits per heavy atom. The first kappa shape index (κ1) is 13.0. The van der Waals surface area contributed by atoms with E-state index in [0.717, 1.165) is 5.41 Å². The average molecular weight is 221 g/mol. The third kappa shape index (κ3) is 3.37. The van der Waals surface area contributed by atoms with Gasteiger partial charge in [0.15, 0.2) is 0 Å². The van der Waals surface area contributed by atoms with E-state index in [1.54, 1.807) is 20.8 Å². The van der Waals surface area contributed by atoms with Crippen molar-refractivity contribution in [3.63, 3.8) is 0 Å². The molecular weight excluding hydrogens is 206 g/mol. The second-order valence-corrected chi connectivity index (χ2v) is 4.12. The number of sulfonamides is 1. The Bertz CT molecular complexity index is 307. The summed E-state index contributed by atoms with van der Waals surface area (Å²) in [6.45, 7) is 4.97. The number of allylic oxidation sites excluding steroid dienone is 1. The Balaban J connectivity index is 4.81. The molecular formula is C8H15NO4S. The van der Waals surface area contributed by atoms with Gasteiger partial charge < -0.3 is 4.74 Å². The monoisotopic (exact) mass is 221 g/mol. The fourth-order valence-electron chi connectivity index (χ4n) is 0.854. The second-order valence-electron chi connectivity index (χ2n) is 2.38. The molecule has 0 rings (SSSR count). The molecule has 0 spiro atoms. The van der Waals surface area contributed by atoms with E-state index in [4.69, 9.17) is 0 Å². The predicted molar refractivity (Wildman–Crippen MR) is 53.1 cm³/mol. The highest BCUT2D eigenvalue weighted by Crippen LogP contribution is 2.05. The molecule has 0 aromatic carbocycles. The normalized spacial score (nSPS) is 11.6. The van der Waals surface area contributed by atoms with Gasteiger partial charge in [-0.2, -0.15) is 0 Å². The van der Waals surface area contributed by atoms with Gasteiger partial charge in [-0.1, -0.05) is 6.08 Å². The number of ether oxygens (including phenoxy) is 1. The Morgan fingerprint density at radius 2 is 2.00 bits per heavy atom. The highest BCUT2D eigenvalue weighted by atomic mass is 32.2. The highest BCUT2D eigenvalue weighted by Gasteiger charge is 2.23. The van der Waals surface area contributed by atoms with Crippen LogP contribution in [0.2, 0.25) is 0 Å². The molecule has 1 amide bonds. The molecule has 0 atom stereocenters. The van der Waals surface area contributed by atoms with E-state index in [1.807, 2.05) is 0 Å². The minimum Gasteiger partial charge on any atom is -0.449 e. The van der Waals surface area contributed by atoms with Crippen molar-refractivity contribution in [1.29, 1.82) is 0 Å². The van der Waals surface area contributed by atoms with Gasteiger partial charge in [-0.15, -0.1) is 0 Å². The molecule has 0 aliphatic rings. The Hall–Kier alpha value is -1.04. The van der Waals surface area contributed by atoms with Crippen molar-refractivity contribution in [3.8, 4) is 0 Å². The number of carbonyl (C=O) groups is 1. The van der Waals surface area contributed by atoms with Gasteiger partial charge in [0, 0.05) is 12.0 Å². The van der Waals surface area contributed by atoms with Crippen LogP contribution in [0.3, 0.4) is 0 Å². The van der Waals surface area contributed by atoms with Crippen molar-refractivity contribution in [3.05, 3.63) is 11.5 Å². The summed E-state index contributed by atoms with van der Waals surface area (Å²) < 4.78 is 28.1. The van der Waals surface area contributed by atoms with Crippen molar-refractivity contribution >= 4 is 16.1 Å². The summed E-state index contributed by atoms with van der Waals surface area (Å²) >= 11 is 0. The van der Waals surface area contributed by atoms with Crippen LogP contribution in [-0.4, -0.2) is 32.0 Å². The van der Waals surface area contributed by atoms with Crippen LogP contribution in [0.1, 0.15) is 20.8 Å². The van der Waals surface area contributed by atoms with Gasteiger partial charge in [-0.05, 0) is 20.8 Å². The van der Waals surface area contributed by atoms with Gasteiger partial charge in [0.25, 0.3) is 10.0 Å². The molecule has 82 valence electrons. The first-order valence-corrected chi connectivity index (χ1v) is 5.82. The van der Waals surface area contributed by atoms with Crippen molar-refractivity contribution in [2.75, 3.05) is 13.2 Å². The quantitative estimate of drug-likeness (QED) is 0.718. The van der Waals surface area contributed by atoms with Crippen LogP contribution in [-0.2, 0) is 14.8 Å².